The van der Waals surface area contributed by atoms with Gasteiger partial charge in [0.05, 0.1) is 18.2 Å². The van der Waals surface area contributed by atoms with Gasteiger partial charge >= 0.3 is 0 Å². The third kappa shape index (κ3) is 3.40. The van der Waals surface area contributed by atoms with Crippen LogP contribution in [0.5, 0.6) is 0 Å². The Morgan fingerprint density at radius 1 is 0.929 bits per heavy atom. The number of amides is 2. The lowest BCUT2D eigenvalue weighted by Gasteiger charge is -2.38. The van der Waals surface area contributed by atoms with Crippen LogP contribution in [0.2, 0.25) is 5.02 Å². The van der Waals surface area contributed by atoms with Crippen LogP contribution in [0.15, 0.2) is 42.5 Å². The van der Waals surface area contributed by atoms with E-state index in [9.17, 15) is 9.59 Å². The van der Waals surface area contributed by atoms with Crippen LogP contribution in [0.4, 0.5) is 11.4 Å². The zero-order chi connectivity index (χ0) is 19.8. The second-order valence-electron chi connectivity index (χ2n) is 7.51. The number of benzene rings is 2. The molecule has 5 nitrogen and oxygen atoms in total. The van der Waals surface area contributed by atoms with Crippen LogP contribution < -0.4 is 9.80 Å². The van der Waals surface area contributed by atoms with Crippen molar-refractivity contribution in [1.29, 1.82) is 0 Å². The summed E-state index contributed by atoms with van der Waals surface area (Å²) in [6.07, 6.45) is 0.241. The Morgan fingerprint density at radius 3 is 2.29 bits per heavy atom. The predicted octanol–water partition coefficient (Wildman–Crippen LogP) is 3.41. The van der Waals surface area contributed by atoms with Crippen molar-refractivity contribution in [2.24, 2.45) is 0 Å². The van der Waals surface area contributed by atoms with Crippen LogP contribution in [0.1, 0.15) is 17.5 Å². The van der Waals surface area contributed by atoms with Crippen molar-refractivity contribution in [2.75, 3.05) is 36.0 Å². The van der Waals surface area contributed by atoms with Gasteiger partial charge in [-0.05, 0) is 55.3 Å². The Hall–Kier alpha value is -2.37. The summed E-state index contributed by atoms with van der Waals surface area (Å²) in [6.45, 7) is 7.52. The van der Waals surface area contributed by atoms with Gasteiger partial charge in [0.1, 0.15) is 0 Å². The monoisotopic (exact) mass is 397 g/mol. The first-order chi connectivity index (χ1) is 13.5. The molecular formula is C22H24ClN3O2. The summed E-state index contributed by atoms with van der Waals surface area (Å²) in [4.78, 5) is 31.3. The molecular weight excluding hydrogens is 374 g/mol. The minimum Gasteiger partial charge on any atom is -0.369 e. The first kappa shape index (κ1) is 19.0. The van der Waals surface area contributed by atoms with Gasteiger partial charge in [-0.25, -0.2) is 4.90 Å². The molecule has 0 radical (unpaired) electrons. The fraction of sp³-hybridized carbons (Fsp3) is 0.364. The minimum absolute atomic E-state index is 0.132. The molecule has 2 saturated heterocycles. The number of carbonyl (C=O) groups is 2. The molecule has 2 heterocycles. The van der Waals surface area contributed by atoms with Crippen LogP contribution in [0.3, 0.4) is 0 Å². The van der Waals surface area contributed by atoms with E-state index in [1.54, 1.807) is 24.3 Å². The van der Waals surface area contributed by atoms with E-state index in [1.165, 1.54) is 21.7 Å². The van der Waals surface area contributed by atoms with Crippen molar-refractivity contribution < 1.29 is 9.59 Å². The van der Waals surface area contributed by atoms with Gasteiger partial charge in [0.15, 0.2) is 0 Å². The molecule has 6 heteroatoms. The normalized spacial score (nSPS) is 20.9. The molecule has 4 rings (SSSR count). The second-order valence-corrected chi connectivity index (χ2v) is 7.94. The number of nitrogens with zero attached hydrogens (tertiary/aromatic N) is 3. The molecule has 0 saturated carbocycles. The topological polar surface area (TPSA) is 43.9 Å². The average Bonchev–Trinajstić information content (AvgIpc) is 2.99. The third-order valence-electron chi connectivity index (χ3n) is 5.88. The lowest BCUT2D eigenvalue weighted by Crippen LogP contribution is -2.52. The van der Waals surface area contributed by atoms with Crippen molar-refractivity contribution in [2.45, 2.75) is 26.3 Å². The van der Waals surface area contributed by atoms with Gasteiger partial charge in [0, 0.05) is 36.9 Å². The predicted molar refractivity (Wildman–Crippen MR) is 112 cm³/mol. The van der Waals surface area contributed by atoms with E-state index < -0.39 is 0 Å². The van der Waals surface area contributed by atoms with E-state index >= 15 is 0 Å². The van der Waals surface area contributed by atoms with Crippen molar-refractivity contribution in [3.05, 3.63) is 58.6 Å². The zero-order valence-corrected chi connectivity index (χ0v) is 16.9. The van der Waals surface area contributed by atoms with E-state index in [0.717, 1.165) is 26.2 Å². The summed E-state index contributed by atoms with van der Waals surface area (Å²) < 4.78 is 0. The molecule has 2 fully saturated rings. The molecule has 2 aromatic rings. The van der Waals surface area contributed by atoms with Crippen molar-refractivity contribution >= 4 is 34.8 Å². The largest absolute Gasteiger partial charge is 0.369 e. The molecule has 2 amide bonds. The van der Waals surface area contributed by atoms with Gasteiger partial charge in [0.25, 0.3) is 5.91 Å². The quantitative estimate of drug-likeness (QED) is 0.744. The SMILES string of the molecule is Cc1cccc(N2CCN([C@@H]3CC(=O)N(c4ccc(Cl)cc4)C3=O)CC2)c1C. The summed E-state index contributed by atoms with van der Waals surface area (Å²) in [5.41, 5.74) is 4.44. The Bertz CT molecular complexity index is 904. The molecule has 2 aromatic carbocycles. The first-order valence-corrected chi connectivity index (χ1v) is 10.0. The van der Waals surface area contributed by atoms with Crippen LogP contribution in [-0.4, -0.2) is 48.9 Å². The molecule has 28 heavy (non-hydrogen) atoms. The maximum absolute atomic E-state index is 13.0. The van der Waals surface area contributed by atoms with Crippen LogP contribution in [0, 0.1) is 13.8 Å². The van der Waals surface area contributed by atoms with Gasteiger partial charge in [-0.1, -0.05) is 23.7 Å². The maximum atomic E-state index is 13.0. The fourth-order valence-electron chi connectivity index (χ4n) is 4.12. The third-order valence-corrected chi connectivity index (χ3v) is 6.13. The molecule has 0 spiro atoms. The van der Waals surface area contributed by atoms with E-state index in [1.807, 2.05) is 0 Å². The van der Waals surface area contributed by atoms with Crippen LogP contribution in [0.25, 0.3) is 0 Å². The molecule has 2 aliphatic rings. The van der Waals surface area contributed by atoms with Crippen molar-refractivity contribution in [3.63, 3.8) is 0 Å². The molecule has 0 unspecified atom stereocenters. The number of aryl methyl sites for hydroxylation is 1. The Labute approximate surface area is 170 Å². The van der Waals surface area contributed by atoms with Crippen LogP contribution in [-0.2, 0) is 9.59 Å². The van der Waals surface area contributed by atoms with Gasteiger partial charge in [-0.15, -0.1) is 0 Å². The average molecular weight is 398 g/mol. The van der Waals surface area contributed by atoms with Gasteiger partial charge in [-0.2, -0.15) is 0 Å². The molecule has 0 aliphatic carbocycles. The molecule has 2 aliphatic heterocycles. The highest BCUT2D eigenvalue weighted by Crippen LogP contribution is 2.29. The standard InChI is InChI=1S/C22H24ClN3O2/c1-15-4-3-5-19(16(15)2)24-10-12-25(13-11-24)20-14-21(27)26(22(20)28)18-8-6-17(23)7-9-18/h3-9,20H,10-14H2,1-2H3/t20-/m1/s1. The van der Waals surface area contributed by atoms with Crippen molar-refractivity contribution in [3.8, 4) is 0 Å². The smallest absolute Gasteiger partial charge is 0.251 e. The lowest BCUT2D eigenvalue weighted by molar-refractivity contribution is -0.123. The number of imide groups is 1. The first-order valence-electron chi connectivity index (χ1n) is 9.63. The van der Waals surface area contributed by atoms with E-state index in [2.05, 4.69) is 41.8 Å². The zero-order valence-electron chi connectivity index (χ0n) is 16.2. The van der Waals surface area contributed by atoms with Gasteiger partial charge in [-0.3, -0.25) is 14.5 Å². The number of piperazine rings is 1. The number of anilines is 2. The second kappa shape index (κ2) is 7.57. The molecule has 0 bridgehead atoms. The lowest BCUT2D eigenvalue weighted by atomic mass is 10.1. The highest BCUT2D eigenvalue weighted by atomic mass is 35.5. The highest BCUT2D eigenvalue weighted by Gasteiger charge is 2.43. The van der Waals surface area contributed by atoms with Gasteiger partial charge in [0.2, 0.25) is 5.91 Å². The number of carbonyl (C=O) groups excluding carboxylic acids is 2. The number of halogens is 1. The Balaban J connectivity index is 1.45. The van der Waals surface area contributed by atoms with E-state index in [4.69, 9.17) is 11.6 Å². The molecule has 0 aromatic heterocycles. The minimum atomic E-state index is -0.371. The van der Waals surface area contributed by atoms with E-state index in [-0.39, 0.29) is 24.3 Å². The summed E-state index contributed by atoms with van der Waals surface area (Å²) in [5.74, 6) is -0.276. The fourth-order valence-corrected chi connectivity index (χ4v) is 4.24. The van der Waals surface area contributed by atoms with Gasteiger partial charge < -0.3 is 4.90 Å². The summed E-state index contributed by atoms with van der Waals surface area (Å²) in [5, 5.41) is 0.585. The van der Waals surface area contributed by atoms with Crippen LogP contribution >= 0.6 is 11.6 Å². The number of rotatable bonds is 3. The van der Waals surface area contributed by atoms with E-state index in [0.29, 0.717) is 10.7 Å². The number of hydrogen-bond acceptors (Lipinski definition) is 4. The molecule has 146 valence electrons. The maximum Gasteiger partial charge on any atom is 0.251 e. The Morgan fingerprint density at radius 2 is 1.61 bits per heavy atom. The molecule has 1 atom stereocenters. The summed E-state index contributed by atoms with van der Waals surface area (Å²) in [7, 11) is 0. The Kier molecular flexibility index (Phi) is 5.13. The summed E-state index contributed by atoms with van der Waals surface area (Å²) in [6, 6.07) is 12.9. The summed E-state index contributed by atoms with van der Waals surface area (Å²) >= 11 is 5.93. The molecule has 0 N–H and O–H groups in total. The van der Waals surface area contributed by atoms with Crippen molar-refractivity contribution in [1.82, 2.24) is 4.90 Å². The number of hydrogen-bond donors (Lipinski definition) is 0. The highest BCUT2D eigenvalue weighted by molar-refractivity contribution is 6.30.